The zero-order valence-corrected chi connectivity index (χ0v) is 9.31. The smallest absolute Gasteiger partial charge is 0.335 e. The highest BCUT2D eigenvalue weighted by Gasteiger charge is 2.18. The minimum Gasteiger partial charge on any atom is -0.478 e. The van der Waals surface area contributed by atoms with E-state index in [2.05, 4.69) is 11.0 Å². The van der Waals surface area contributed by atoms with Crippen LogP contribution in [0, 0.1) is 0 Å². The Labute approximate surface area is 95.0 Å². The maximum Gasteiger partial charge on any atom is 0.335 e. The fourth-order valence-corrected chi connectivity index (χ4v) is 1.98. The summed E-state index contributed by atoms with van der Waals surface area (Å²) in [6.45, 7) is 4.69. The van der Waals surface area contributed by atoms with Gasteiger partial charge in [0.25, 0.3) is 0 Å². The molecular weight excluding hydrogens is 202 g/mol. The number of aromatic carboxylic acids is 1. The van der Waals surface area contributed by atoms with Crippen molar-refractivity contribution in [1.29, 1.82) is 0 Å². The van der Waals surface area contributed by atoms with Crippen molar-refractivity contribution in [3.63, 3.8) is 0 Å². The van der Waals surface area contributed by atoms with Crippen molar-refractivity contribution in [1.82, 2.24) is 4.90 Å². The largest absolute Gasteiger partial charge is 0.478 e. The van der Waals surface area contributed by atoms with Crippen LogP contribution >= 0.6 is 0 Å². The number of rotatable bonds is 3. The van der Waals surface area contributed by atoms with Gasteiger partial charge >= 0.3 is 5.97 Å². The van der Waals surface area contributed by atoms with Crippen molar-refractivity contribution >= 4 is 5.97 Å². The maximum absolute atomic E-state index is 10.8. The van der Waals surface area contributed by atoms with Crippen molar-refractivity contribution in [2.45, 2.75) is 20.0 Å². The van der Waals surface area contributed by atoms with Gasteiger partial charge in [-0.25, -0.2) is 4.79 Å². The van der Waals surface area contributed by atoms with E-state index in [0.717, 1.165) is 25.2 Å². The zero-order valence-electron chi connectivity index (χ0n) is 9.31. The third kappa shape index (κ3) is 2.14. The number of fused-ring (bicyclic) bond motifs is 1. The lowest BCUT2D eigenvalue weighted by Gasteiger charge is -2.10. The van der Waals surface area contributed by atoms with Crippen LogP contribution in [0.25, 0.3) is 0 Å². The number of hydrogen-bond donors (Lipinski definition) is 1. The monoisotopic (exact) mass is 217 g/mol. The number of carboxylic acids is 1. The molecule has 0 spiro atoms. The van der Waals surface area contributed by atoms with Crippen molar-refractivity contribution in [2.75, 3.05) is 6.54 Å². The molecule has 1 aliphatic rings. The molecule has 84 valence electrons. The third-order valence-electron chi connectivity index (χ3n) is 2.84. The van der Waals surface area contributed by atoms with Crippen molar-refractivity contribution in [3.05, 3.63) is 47.0 Å². The lowest BCUT2D eigenvalue weighted by atomic mass is 10.1. The summed E-state index contributed by atoms with van der Waals surface area (Å²) < 4.78 is 0. The quantitative estimate of drug-likeness (QED) is 0.790. The maximum atomic E-state index is 10.8. The van der Waals surface area contributed by atoms with Gasteiger partial charge in [-0.15, -0.1) is 0 Å². The number of nitrogens with zero attached hydrogens (tertiary/aromatic N) is 1. The highest BCUT2D eigenvalue weighted by molar-refractivity contribution is 5.87. The molecule has 16 heavy (non-hydrogen) atoms. The Kier molecular flexibility index (Phi) is 3.06. The third-order valence-corrected chi connectivity index (χ3v) is 2.84. The van der Waals surface area contributed by atoms with E-state index in [0.29, 0.717) is 5.56 Å². The first-order valence-corrected chi connectivity index (χ1v) is 5.39. The van der Waals surface area contributed by atoms with Crippen molar-refractivity contribution in [3.8, 4) is 0 Å². The fourth-order valence-electron chi connectivity index (χ4n) is 1.98. The molecule has 0 saturated heterocycles. The van der Waals surface area contributed by atoms with Gasteiger partial charge in [-0.1, -0.05) is 18.2 Å². The number of allylic oxidation sites excluding steroid dienone is 1. The standard InChI is InChI=1S/C13H15NO2/c1-2-3-6-14-8-11-5-4-10(13(15)16)7-12(11)9-14/h2-5,7H,6,8-9H2,1H3,(H,15,16)/b3-2+. The van der Waals surface area contributed by atoms with Crippen molar-refractivity contribution < 1.29 is 9.90 Å². The molecule has 2 rings (SSSR count). The van der Waals surface area contributed by atoms with E-state index in [1.807, 2.05) is 19.1 Å². The molecule has 0 saturated carbocycles. The first-order chi connectivity index (χ1) is 7.70. The second kappa shape index (κ2) is 4.49. The zero-order chi connectivity index (χ0) is 11.5. The van der Waals surface area contributed by atoms with E-state index in [1.54, 1.807) is 12.1 Å². The van der Waals surface area contributed by atoms with Crippen LogP contribution < -0.4 is 0 Å². The predicted molar refractivity (Wildman–Crippen MR) is 62.3 cm³/mol. The molecule has 0 fully saturated rings. The summed E-state index contributed by atoms with van der Waals surface area (Å²) >= 11 is 0. The van der Waals surface area contributed by atoms with E-state index in [-0.39, 0.29) is 0 Å². The summed E-state index contributed by atoms with van der Waals surface area (Å²) in [5, 5.41) is 8.90. The number of carboxylic acid groups (broad SMARTS) is 1. The summed E-state index contributed by atoms with van der Waals surface area (Å²) in [5.41, 5.74) is 2.77. The molecule has 1 aliphatic heterocycles. The fraction of sp³-hybridized carbons (Fsp3) is 0.308. The highest BCUT2D eigenvalue weighted by atomic mass is 16.4. The minimum absolute atomic E-state index is 0.381. The number of hydrogen-bond acceptors (Lipinski definition) is 2. The van der Waals surface area contributed by atoms with Crippen LogP contribution in [0.5, 0.6) is 0 Å². The SMILES string of the molecule is C/C=C/CN1Cc2ccc(C(=O)O)cc2C1. The molecular formula is C13H15NO2. The van der Waals surface area contributed by atoms with Crippen LogP contribution in [0.4, 0.5) is 0 Å². The molecule has 0 radical (unpaired) electrons. The molecule has 1 heterocycles. The molecule has 0 bridgehead atoms. The topological polar surface area (TPSA) is 40.5 Å². The molecule has 1 N–H and O–H groups in total. The minimum atomic E-state index is -0.852. The van der Waals surface area contributed by atoms with Gasteiger partial charge in [-0.05, 0) is 30.2 Å². The second-order valence-corrected chi connectivity index (χ2v) is 4.03. The summed E-state index contributed by atoms with van der Waals surface area (Å²) in [4.78, 5) is 13.1. The van der Waals surface area contributed by atoms with Gasteiger partial charge < -0.3 is 5.11 Å². The number of benzene rings is 1. The van der Waals surface area contributed by atoms with Gasteiger partial charge in [0.1, 0.15) is 0 Å². The molecule has 0 amide bonds. The Morgan fingerprint density at radius 2 is 2.19 bits per heavy atom. The van der Waals surface area contributed by atoms with Crippen LogP contribution in [0.2, 0.25) is 0 Å². The molecule has 0 unspecified atom stereocenters. The van der Waals surface area contributed by atoms with Gasteiger partial charge in [0.2, 0.25) is 0 Å². The number of carbonyl (C=O) groups is 1. The first kappa shape index (κ1) is 10.9. The second-order valence-electron chi connectivity index (χ2n) is 4.03. The van der Waals surface area contributed by atoms with Gasteiger partial charge in [0, 0.05) is 19.6 Å². The Hall–Kier alpha value is -1.61. The molecule has 1 aromatic carbocycles. The van der Waals surface area contributed by atoms with Crippen LogP contribution in [-0.2, 0) is 13.1 Å². The van der Waals surface area contributed by atoms with E-state index >= 15 is 0 Å². The molecule has 3 nitrogen and oxygen atoms in total. The average Bonchev–Trinajstić information content (AvgIpc) is 2.67. The Bertz CT molecular complexity index is 438. The van der Waals surface area contributed by atoms with E-state index in [9.17, 15) is 4.79 Å². The summed E-state index contributed by atoms with van der Waals surface area (Å²) in [7, 11) is 0. The molecule has 0 aliphatic carbocycles. The Morgan fingerprint density at radius 3 is 2.88 bits per heavy atom. The predicted octanol–water partition coefficient (Wildman–Crippen LogP) is 2.28. The highest BCUT2D eigenvalue weighted by Crippen LogP contribution is 2.23. The molecule has 3 heteroatoms. The molecule has 1 aromatic rings. The van der Waals surface area contributed by atoms with E-state index in [4.69, 9.17) is 5.11 Å². The van der Waals surface area contributed by atoms with Crippen LogP contribution in [-0.4, -0.2) is 22.5 Å². The van der Waals surface area contributed by atoms with Crippen LogP contribution in [0.1, 0.15) is 28.4 Å². The van der Waals surface area contributed by atoms with E-state index in [1.165, 1.54) is 5.56 Å². The lowest BCUT2D eigenvalue weighted by molar-refractivity contribution is 0.0697. The van der Waals surface area contributed by atoms with Gasteiger partial charge in [-0.2, -0.15) is 0 Å². The van der Waals surface area contributed by atoms with Crippen LogP contribution in [0.15, 0.2) is 30.4 Å². The van der Waals surface area contributed by atoms with Gasteiger partial charge in [0.05, 0.1) is 5.56 Å². The van der Waals surface area contributed by atoms with Gasteiger partial charge in [-0.3, -0.25) is 4.90 Å². The van der Waals surface area contributed by atoms with Crippen LogP contribution in [0.3, 0.4) is 0 Å². The molecule has 0 atom stereocenters. The van der Waals surface area contributed by atoms with Gasteiger partial charge in [0.15, 0.2) is 0 Å². The summed E-state index contributed by atoms with van der Waals surface area (Å²) in [6.07, 6.45) is 4.15. The summed E-state index contributed by atoms with van der Waals surface area (Å²) in [5.74, 6) is -0.852. The normalized spacial score (nSPS) is 15.6. The molecule has 0 aromatic heterocycles. The van der Waals surface area contributed by atoms with Crippen molar-refractivity contribution in [2.24, 2.45) is 0 Å². The average molecular weight is 217 g/mol. The summed E-state index contributed by atoms with van der Waals surface area (Å²) in [6, 6.07) is 5.39. The lowest BCUT2D eigenvalue weighted by Crippen LogP contribution is -2.15. The Balaban J connectivity index is 2.15. The first-order valence-electron chi connectivity index (χ1n) is 5.39. The Morgan fingerprint density at radius 1 is 1.44 bits per heavy atom. The van der Waals surface area contributed by atoms with E-state index < -0.39 is 5.97 Å².